The highest BCUT2D eigenvalue weighted by Gasteiger charge is 2.74. The maximum Gasteiger partial charge on any atom is 0.378 e. The van der Waals surface area contributed by atoms with Crippen LogP contribution in [0.3, 0.4) is 0 Å². The van der Waals surface area contributed by atoms with Gasteiger partial charge in [-0.3, -0.25) is 9.11 Å². The first-order valence-corrected chi connectivity index (χ1v) is 14.2. The largest absolute Gasteiger partial charge is 0.382 e. The topological polar surface area (TPSA) is 195 Å². The SMILES string of the molecule is O=S(=O)(Oc1ccccc1)C(P)C(S(=O)(=O)O)(S(=O)(=O)O)S(=O)(=O)Oc1ccccc1. The Kier molecular flexibility index (Phi) is 7.07. The summed E-state index contributed by atoms with van der Waals surface area (Å²) in [6.45, 7) is 0. The molecule has 17 heteroatoms. The third kappa shape index (κ3) is 4.84. The molecule has 0 aliphatic rings. The average Bonchev–Trinajstić information content (AvgIpc) is 2.60. The Morgan fingerprint density at radius 3 is 1.39 bits per heavy atom. The lowest BCUT2D eigenvalue weighted by Gasteiger charge is -2.30. The second kappa shape index (κ2) is 8.61. The molecular formula is C14H15O12PS4. The zero-order chi connectivity index (χ0) is 23.7. The van der Waals surface area contributed by atoms with Gasteiger partial charge in [-0.15, -0.1) is 9.24 Å². The van der Waals surface area contributed by atoms with Gasteiger partial charge in [0.25, 0.3) is 0 Å². The van der Waals surface area contributed by atoms with E-state index >= 15 is 0 Å². The Hall–Kier alpha value is -1.81. The highest BCUT2D eigenvalue weighted by atomic mass is 32.3. The summed E-state index contributed by atoms with van der Waals surface area (Å²) < 4.78 is 123. The van der Waals surface area contributed by atoms with Gasteiger partial charge in [0, 0.05) is 0 Å². The molecule has 0 saturated heterocycles. The molecule has 12 nitrogen and oxygen atoms in total. The van der Waals surface area contributed by atoms with Crippen LogP contribution in [0, 0.1) is 0 Å². The first-order chi connectivity index (χ1) is 14.1. The van der Waals surface area contributed by atoms with Crippen LogP contribution >= 0.6 is 9.24 Å². The lowest BCUT2D eigenvalue weighted by Crippen LogP contribution is -2.62. The number of benzene rings is 2. The van der Waals surface area contributed by atoms with Crippen molar-refractivity contribution in [2.24, 2.45) is 0 Å². The number of rotatable bonds is 9. The molecule has 2 N–H and O–H groups in total. The van der Waals surface area contributed by atoms with Gasteiger partial charge in [0.05, 0.1) is 0 Å². The van der Waals surface area contributed by atoms with Crippen molar-refractivity contribution in [1.82, 2.24) is 0 Å². The van der Waals surface area contributed by atoms with E-state index in [1.54, 1.807) is 0 Å². The van der Waals surface area contributed by atoms with Gasteiger partial charge >= 0.3 is 43.9 Å². The van der Waals surface area contributed by atoms with Gasteiger partial charge in [0.2, 0.25) is 0 Å². The molecule has 0 aliphatic carbocycles. The molecule has 2 unspecified atom stereocenters. The summed E-state index contributed by atoms with van der Waals surface area (Å²) in [4.78, 5) is -3.21. The molecule has 0 aromatic heterocycles. The Morgan fingerprint density at radius 1 is 0.677 bits per heavy atom. The number of para-hydroxylation sites is 2. The number of hydrogen-bond donors (Lipinski definition) is 2. The molecule has 0 amide bonds. The van der Waals surface area contributed by atoms with E-state index in [9.17, 15) is 42.8 Å². The van der Waals surface area contributed by atoms with Crippen molar-refractivity contribution in [1.29, 1.82) is 0 Å². The fourth-order valence-corrected chi connectivity index (χ4v) is 11.7. The third-order valence-corrected chi connectivity index (χ3v) is 14.8. The summed E-state index contributed by atoms with van der Waals surface area (Å²) in [6, 6.07) is 12.0. The Labute approximate surface area is 181 Å². The van der Waals surface area contributed by atoms with Crippen molar-refractivity contribution in [3.8, 4) is 11.5 Å². The van der Waals surface area contributed by atoms with E-state index in [4.69, 9.17) is 0 Å². The highest BCUT2D eigenvalue weighted by Crippen LogP contribution is 2.42. The summed E-state index contributed by atoms with van der Waals surface area (Å²) in [5, 5.41) is 0. The van der Waals surface area contributed by atoms with Gasteiger partial charge in [-0.05, 0) is 24.3 Å². The molecule has 0 aliphatic heterocycles. The minimum Gasteiger partial charge on any atom is -0.382 e. The fourth-order valence-electron chi connectivity index (χ4n) is 2.33. The molecule has 2 rings (SSSR count). The van der Waals surface area contributed by atoms with Crippen LogP contribution in [0.5, 0.6) is 11.5 Å². The van der Waals surface area contributed by atoms with E-state index in [2.05, 4.69) is 8.37 Å². The normalized spacial score (nSPS) is 14.5. The maximum atomic E-state index is 12.8. The predicted octanol–water partition coefficient (Wildman–Crippen LogP) is 0.435. The van der Waals surface area contributed by atoms with Gasteiger partial charge in [0.1, 0.15) is 11.5 Å². The molecule has 0 saturated carbocycles. The molecule has 172 valence electrons. The van der Waals surface area contributed by atoms with Crippen LogP contribution in [0.25, 0.3) is 0 Å². The maximum absolute atomic E-state index is 12.8. The second-order valence-corrected chi connectivity index (χ2v) is 14.2. The quantitative estimate of drug-likeness (QED) is 0.256. The molecular weight excluding hydrogens is 519 g/mol. The van der Waals surface area contributed by atoms with Crippen molar-refractivity contribution in [3.63, 3.8) is 0 Å². The lowest BCUT2D eigenvalue weighted by atomic mass is 10.3. The van der Waals surface area contributed by atoms with E-state index in [0.717, 1.165) is 33.5 Å². The molecule has 0 bridgehead atoms. The first kappa shape index (κ1) is 25.5. The molecule has 31 heavy (non-hydrogen) atoms. The second-order valence-electron chi connectivity index (χ2n) is 5.71. The van der Waals surface area contributed by atoms with E-state index < -0.39 is 60.4 Å². The molecule has 2 atom stereocenters. The summed E-state index contributed by atoms with van der Waals surface area (Å²) in [5.74, 6) is -1.09. The smallest absolute Gasteiger partial charge is 0.378 e. The fraction of sp³-hybridized carbons (Fsp3) is 0.143. The highest BCUT2D eigenvalue weighted by molar-refractivity contribution is 8.23. The van der Waals surface area contributed by atoms with Crippen LogP contribution in [0.1, 0.15) is 0 Å². The van der Waals surface area contributed by atoms with Crippen molar-refractivity contribution < 1.29 is 51.1 Å². The van der Waals surface area contributed by atoms with Crippen LogP contribution in [0.2, 0.25) is 0 Å². The van der Waals surface area contributed by atoms with Crippen molar-refractivity contribution in [2.75, 3.05) is 0 Å². The van der Waals surface area contributed by atoms with Crippen molar-refractivity contribution in [2.45, 2.75) is 8.40 Å². The molecule has 0 heterocycles. The van der Waals surface area contributed by atoms with Gasteiger partial charge < -0.3 is 8.37 Å². The Balaban J connectivity index is 2.79. The van der Waals surface area contributed by atoms with Crippen molar-refractivity contribution in [3.05, 3.63) is 60.7 Å². The van der Waals surface area contributed by atoms with Crippen LogP contribution in [0.4, 0.5) is 0 Å². The van der Waals surface area contributed by atoms with Crippen LogP contribution in [-0.2, 0) is 40.5 Å². The van der Waals surface area contributed by atoms with E-state index in [1.165, 1.54) is 36.4 Å². The molecule has 2 aromatic rings. The van der Waals surface area contributed by atoms with Gasteiger partial charge in [-0.1, -0.05) is 36.4 Å². The van der Waals surface area contributed by atoms with Gasteiger partial charge in [-0.25, -0.2) is 0 Å². The first-order valence-electron chi connectivity index (χ1n) is 7.73. The standard InChI is InChI=1S/C14H15O12PS4/c15-28(16,25-11-7-3-1-4-8-11)13(27)14(29(17,18)19,30(20,21)22)31(23,24)26-12-9-5-2-6-10-12/h1-10,13H,27H2,(H,17,18,19)(H,20,21,22). The zero-order valence-corrected chi connectivity index (χ0v) is 19.5. The van der Waals surface area contributed by atoms with E-state index in [1.807, 2.05) is 0 Å². The van der Waals surface area contributed by atoms with Crippen LogP contribution in [0.15, 0.2) is 60.7 Å². The van der Waals surface area contributed by atoms with Crippen LogP contribution < -0.4 is 8.37 Å². The molecule has 2 aromatic carbocycles. The van der Waals surface area contributed by atoms with E-state index in [0.29, 0.717) is 0 Å². The van der Waals surface area contributed by atoms with Crippen LogP contribution in [-0.4, -0.2) is 51.2 Å². The molecule has 0 fully saturated rings. The zero-order valence-electron chi connectivity index (χ0n) is 15.0. The lowest BCUT2D eigenvalue weighted by molar-refractivity contribution is 0.419. The predicted molar refractivity (Wildman–Crippen MR) is 111 cm³/mol. The van der Waals surface area contributed by atoms with E-state index in [-0.39, 0.29) is 0 Å². The summed E-state index contributed by atoms with van der Waals surface area (Å²) in [7, 11) is -23.5. The summed E-state index contributed by atoms with van der Waals surface area (Å²) >= 11 is 0. The third-order valence-electron chi connectivity index (χ3n) is 3.63. The van der Waals surface area contributed by atoms with Crippen molar-refractivity contribution >= 4 is 49.7 Å². The van der Waals surface area contributed by atoms with Gasteiger partial charge in [0.15, 0.2) is 4.99 Å². The summed E-state index contributed by atoms with van der Waals surface area (Å²) in [5.41, 5.74) is 0. The molecule has 0 spiro atoms. The Morgan fingerprint density at radius 2 is 1.03 bits per heavy atom. The summed E-state index contributed by atoms with van der Waals surface area (Å²) in [6.07, 6.45) is 0. The number of hydrogen-bond acceptors (Lipinski definition) is 10. The van der Waals surface area contributed by atoms with Gasteiger partial charge in [-0.2, -0.15) is 33.7 Å². The minimum absolute atomic E-state index is 0.448. The monoisotopic (exact) mass is 534 g/mol. The molecule has 0 radical (unpaired) electrons. The average molecular weight is 535 g/mol. The Bertz CT molecular complexity index is 1320. The minimum atomic E-state index is -6.47.